The van der Waals surface area contributed by atoms with Crippen LogP contribution >= 0.6 is 0 Å². The number of likely N-dealkylation sites (tertiary alicyclic amines) is 1. The maximum atomic E-state index is 6.09. The molecular weight excluding hydrogens is 328 g/mol. The quantitative estimate of drug-likeness (QED) is 0.577. The molecule has 2 heterocycles. The summed E-state index contributed by atoms with van der Waals surface area (Å²) in [5, 5.41) is 3.28. The fraction of sp³-hybridized carbons (Fsp3) is 0.650. The molecule has 26 heavy (non-hydrogen) atoms. The third kappa shape index (κ3) is 4.41. The minimum Gasteiger partial charge on any atom is -0.494 e. The molecular formula is C20H32N4O2. The van der Waals surface area contributed by atoms with Gasteiger partial charge >= 0.3 is 0 Å². The third-order valence-electron chi connectivity index (χ3n) is 5.22. The molecule has 144 valence electrons. The van der Waals surface area contributed by atoms with Crippen LogP contribution in [-0.4, -0.2) is 49.2 Å². The van der Waals surface area contributed by atoms with Crippen molar-refractivity contribution in [2.75, 3.05) is 26.2 Å². The van der Waals surface area contributed by atoms with Crippen LogP contribution in [0.4, 0.5) is 0 Å². The second kappa shape index (κ2) is 8.62. The lowest BCUT2D eigenvalue weighted by atomic mass is 10.1. The lowest BCUT2D eigenvalue weighted by Gasteiger charge is -2.23. The highest BCUT2D eigenvalue weighted by molar-refractivity contribution is 5.77. The van der Waals surface area contributed by atoms with Gasteiger partial charge in [0.25, 0.3) is 0 Å². The molecule has 6 heteroatoms. The summed E-state index contributed by atoms with van der Waals surface area (Å²) >= 11 is 0. The van der Waals surface area contributed by atoms with Gasteiger partial charge in [0.2, 0.25) is 0 Å². The van der Waals surface area contributed by atoms with Crippen molar-refractivity contribution in [1.29, 1.82) is 0 Å². The Kier molecular flexibility index (Phi) is 6.25. The first-order chi connectivity index (χ1) is 12.6. The molecule has 0 spiro atoms. The van der Waals surface area contributed by atoms with E-state index in [-0.39, 0.29) is 6.10 Å². The summed E-state index contributed by atoms with van der Waals surface area (Å²) in [6.07, 6.45) is 3.64. The lowest BCUT2D eigenvalue weighted by Crippen LogP contribution is -2.42. The molecule has 0 radical (unpaired) electrons. The van der Waals surface area contributed by atoms with E-state index in [9.17, 15) is 0 Å². The Morgan fingerprint density at radius 1 is 1.42 bits per heavy atom. The van der Waals surface area contributed by atoms with E-state index in [1.54, 1.807) is 0 Å². The van der Waals surface area contributed by atoms with Crippen molar-refractivity contribution in [3.05, 3.63) is 23.3 Å². The smallest absolute Gasteiger partial charge is 0.188 e. The van der Waals surface area contributed by atoms with Crippen LogP contribution in [0, 0.1) is 0 Å². The van der Waals surface area contributed by atoms with Gasteiger partial charge in [-0.2, -0.15) is 0 Å². The van der Waals surface area contributed by atoms with Gasteiger partial charge in [0.05, 0.1) is 13.2 Å². The molecule has 0 aliphatic carbocycles. The number of hydrogen-bond donors (Lipinski definition) is 2. The van der Waals surface area contributed by atoms with Gasteiger partial charge in [-0.15, -0.1) is 0 Å². The first kappa shape index (κ1) is 18.8. The van der Waals surface area contributed by atoms with Crippen molar-refractivity contribution < 1.29 is 9.47 Å². The number of likely N-dealkylation sites (N-methyl/N-ethyl adjacent to an activating group) is 1. The Bertz CT molecular complexity index is 647. The monoisotopic (exact) mass is 360 g/mol. The molecule has 3 rings (SSSR count). The zero-order valence-electron chi connectivity index (χ0n) is 16.3. The summed E-state index contributed by atoms with van der Waals surface area (Å²) in [6, 6.07) is 4.70. The van der Waals surface area contributed by atoms with Gasteiger partial charge in [-0.25, -0.2) is 4.99 Å². The topological polar surface area (TPSA) is 72.1 Å². The third-order valence-corrected chi connectivity index (χ3v) is 5.22. The molecule has 0 aromatic heterocycles. The van der Waals surface area contributed by atoms with Gasteiger partial charge in [-0.1, -0.05) is 6.92 Å². The van der Waals surface area contributed by atoms with Gasteiger partial charge < -0.3 is 20.5 Å². The molecule has 2 atom stereocenters. The van der Waals surface area contributed by atoms with E-state index in [1.807, 2.05) is 6.92 Å². The number of guanidine groups is 1. The number of ether oxygens (including phenoxy) is 2. The molecule has 1 aromatic rings. The van der Waals surface area contributed by atoms with Gasteiger partial charge in [-0.3, -0.25) is 4.90 Å². The van der Waals surface area contributed by atoms with E-state index in [1.165, 1.54) is 24.9 Å². The number of nitrogens with two attached hydrogens (primary N) is 1. The predicted octanol–water partition coefficient (Wildman–Crippen LogP) is 2.30. The largest absolute Gasteiger partial charge is 0.494 e. The van der Waals surface area contributed by atoms with Gasteiger partial charge in [0.1, 0.15) is 17.6 Å². The van der Waals surface area contributed by atoms with Gasteiger partial charge in [-0.05, 0) is 51.9 Å². The van der Waals surface area contributed by atoms with Crippen molar-refractivity contribution in [3.8, 4) is 11.5 Å². The number of rotatable bonds is 7. The van der Waals surface area contributed by atoms with Crippen molar-refractivity contribution in [2.24, 2.45) is 10.7 Å². The van der Waals surface area contributed by atoms with Crippen molar-refractivity contribution in [2.45, 2.75) is 58.7 Å². The molecule has 1 fully saturated rings. The van der Waals surface area contributed by atoms with Gasteiger partial charge in [0, 0.05) is 30.1 Å². The molecule has 3 N–H and O–H groups in total. The Morgan fingerprint density at radius 2 is 2.27 bits per heavy atom. The standard InChI is InChI=1S/C20H32N4O2/c1-4-24-8-6-7-17(24)13-23-20(21)22-12-16-11-19-15(9-14(3)26-19)10-18(16)25-5-2/h10-11,14,17H,4-9,12-13H2,1-3H3,(H3,21,22,23). The highest BCUT2D eigenvalue weighted by atomic mass is 16.5. The molecule has 2 unspecified atom stereocenters. The van der Waals surface area contributed by atoms with Crippen LogP contribution in [0.5, 0.6) is 11.5 Å². The van der Waals surface area contributed by atoms with Crippen molar-refractivity contribution in [3.63, 3.8) is 0 Å². The summed E-state index contributed by atoms with van der Waals surface area (Å²) in [7, 11) is 0. The van der Waals surface area contributed by atoms with Crippen LogP contribution in [0.3, 0.4) is 0 Å². The van der Waals surface area contributed by atoms with E-state index in [2.05, 4.69) is 41.2 Å². The molecule has 1 saturated heterocycles. The van der Waals surface area contributed by atoms with Crippen LogP contribution in [0.15, 0.2) is 17.1 Å². The van der Waals surface area contributed by atoms with Crippen molar-refractivity contribution >= 4 is 5.96 Å². The van der Waals surface area contributed by atoms with Crippen LogP contribution in [0.2, 0.25) is 0 Å². The zero-order chi connectivity index (χ0) is 18.5. The van der Waals surface area contributed by atoms with Crippen LogP contribution in [0.25, 0.3) is 0 Å². The predicted molar refractivity (Wildman–Crippen MR) is 105 cm³/mol. The summed E-state index contributed by atoms with van der Waals surface area (Å²) in [5.41, 5.74) is 8.32. The number of nitrogens with one attached hydrogen (secondary N) is 1. The molecule has 0 amide bonds. The molecule has 0 saturated carbocycles. The lowest BCUT2D eigenvalue weighted by molar-refractivity contribution is 0.254. The Morgan fingerprint density at radius 3 is 3.04 bits per heavy atom. The fourth-order valence-corrected chi connectivity index (χ4v) is 3.89. The SMILES string of the molecule is CCOc1cc2c(cc1CN=C(N)NCC1CCCN1CC)OC(C)C2. The number of aliphatic imine (C=N–C) groups is 1. The minimum absolute atomic E-state index is 0.220. The highest BCUT2D eigenvalue weighted by Gasteiger charge is 2.23. The first-order valence-electron chi connectivity index (χ1n) is 9.83. The molecule has 6 nitrogen and oxygen atoms in total. The van der Waals surface area contributed by atoms with E-state index >= 15 is 0 Å². The summed E-state index contributed by atoms with van der Waals surface area (Å²) in [4.78, 5) is 7.02. The normalized spacial score (nSPS) is 23.0. The van der Waals surface area contributed by atoms with E-state index in [4.69, 9.17) is 15.2 Å². The maximum absolute atomic E-state index is 6.09. The number of benzene rings is 1. The first-order valence-corrected chi connectivity index (χ1v) is 9.83. The fourth-order valence-electron chi connectivity index (χ4n) is 3.89. The average Bonchev–Trinajstić information content (AvgIpc) is 3.22. The zero-order valence-corrected chi connectivity index (χ0v) is 16.3. The van der Waals surface area contributed by atoms with Crippen LogP contribution < -0.4 is 20.5 Å². The summed E-state index contributed by atoms with van der Waals surface area (Å²) in [6.45, 7) is 10.5. The minimum atomic E-state index is 0.220. The Labute approximate surface area is 156 Å². The highest BCUT2D eigenvalue weighted by Crippen LogP contribution is 2.35. The maximum Gasteiger partial charge on any atom is 0.188 e. The van der Waals surface area contributed by atoms with Crippen LogP contribution in [-0.2, 0) is 13.0 Å². The number of nitrogens with zero attached hydrogens (tertiary/aromatic N) is 2. The Hall–Kier alpha value is -1.95. The molecule has 1 aromatic carbocycles. The van der Waals surface area contributed by atoms with Crippen LogP contribution in [0.1, 0.15) is 44.7 Å². The van der Waals surface area contributed by atoms with E-state index in [0.717, 1.165) is 36.6 Å². The van der Waals surface area contributed by atoms with Crippen molar-refractivity contribution in [1.82, 2.24) is 10.2 Å². The number of fused-ring (bicyclic) bond motifs is 1. The second-order valence-corrected chi connectivity index (χ2v) is 7.14. The Balaban J connectivity index is 1.62. The summed E-state index contributed by atoms with van der Waals surface area (Å²) < 4.78 is 11.7. The molecule has 2 aliphatic rings. The average molecular weight is 361 g/mol. The molecule has 0 bridgehead atoms. The number of hydrogen-bond acceptors (Lipinski definition) is 4. The van der Waals surface area contributed by atoms with E-state index < -0.39 is 0 Å². The van der Waals surface area contributed by atoms with Gasteiger partial charge in [0.15, 0.2) is 5.96 Å². The molecule has 2 aliphatic heterocycles. The van der Waals surface area contributed by atoms with E-state index in [0.29, 0.717) is 25.2 Å². The second-order valence-electron chi connectivity index (χ2n) is 7.14. The summed E-state index contributed by atoms with van der Waals surface area (Å²) in [5.74, 6) is 2.32.